The van der Waals surface area contributed by atoms with Gasteiger partial charge in [0.05, 0.1) is 5.60 Å². The first-order valence-electron chi connectivity index (χ1n) is 6.82. The Kier molecular flexibility index (Phi) is 2.93. The zero-order chi connectivity index (χ0) is 11.7. The Balaban J connectivity index is 1.94. The van der Waals surface area contributed by atoms with Crippen LogP contribution in [0.3, 0.4) is 0 Å². The first-order chi connectivity index (χ1) is 8.31. The highest BCUT2D eigenvalue weighted by molar-refractivity contribution is 5.25. The van der Waals surface area contributed by atoms with Gasteiger partial charge in [0.15, 0.2) is 0 Å². The molecule has 2 aliphatic rings. The molecule has 0 bridgehead atoms. The van der Waals surface area contributed by atoms with Crippen LogP contribution in [0.25, 0.3) is 0 Å². The molecule has 3 atom stereocenters. The highest BCUT2D eigenvalue weighted by Gasteiger charge is 2.45. The molecular formula is C15H21NO. The van der Waals surface area contributed by atoms with Crippen molar-refractivity contribution in [1.29, 1.82) is 0 Å². The lowest BCUT2D eigenvalue weighted by molar-refractivity contribution is -0.0780. The molecule has 0 aromatic heterocycles. The third-order valence-electron chi connectivity index (χ3n) is 4.57. The zero-order valence-corrected chi connectivity index (χ0v) is 10.2. The van der Waals surface area contributed by atoms with Crippen LogP contribution < -0.4 is 5.32 Å². The van der Waals surface area contributed by atoms with Gasteiger partial charge in [-0.1, -0.05) is 43.2 Å². The smallest absolute Gasteiger partial charge is 0.0951 e. The Bertz CT molecular complexity index is 376. The first kappa shape index (κ1) is 11.2. The second-order valence-corrected chi connectivity index (χ2v) is 5.49. The third-order valence-corrected chi connectivity index (χ3v) is 4.57. The molecule has 2 heteroatoms. The molecule has 1 heterocycles. The number of hydrogen-bond acceptors (Lipinski definition) is 2. The van der Waals surface area contributed by atoms with Crippen molar-refractivity contribution >= 4 is 0 Å². The summed E-state index contributed by atoms with van der Waals surface area (Å²) in [7, 11) is 0. The van der Waals surface area contributed by atoms with Gasteiger partial charge in [0, 0.05) is 12.0 Å². The number of aliphatic hydroxyl groups is 1. The minimum atomic E-state index is -0.600. The van der Waals surface area contributed by atoms with E-state index in [-0.39, 0.29) is 0 Å². The fourth-order valence-corrected chi connectivity index (χ4v) is 3.67. The van der Waals surface area contributed by atoms with Gasteiger partial charge < -0.3 is 10.4 Å². The van der Waals surface area contributed by atoms with Crippen molar-refractivity contribution in [1.82, 2.24) is 5.32 Å². The summed E-state index contributed by atoms with van der Waals surface area (Å²) in [5.41, 5.74) is 0.510. The molecule has 1 aromatic rings. The van der Waals surface area contributed by atoms with Gasteiger partial charge in [0.2, 0.25) is 0 Å². The monoisotopic (exact) mass is 231 g/mol. The van der Waals surface area contributed by atoms with E-state index in [1.54, 1.807) is 0 Å². The maximum atomic E-state index is 11.1. The van der Waals surface area contributed by atoms with Crippen LogP contribution in [0.4, 0.5) is 0 Å². The van der Waals surface area contributed by atoms with Gasteiger partial charge in [-0.25, -0.2) is 0 Å². The predicted octanol–water partition coefficient (Wildman–Crippen LogP) is 2.43. The van der Waals surface area contributed by atoms with E-state index in [4.69, 9.17) is 0 Å². The highest BCUT2D eigenvalue weighted by Crippen LogP contribution is 2.43. The van der Waals surface area contributed by atoms with E-state index < -0.39 is 5.60 Å². The molecule has 1 aliphatic heterocycles. The van der Waals surface area contributed by atoms with Crippen LogP contribution in [0.2, 0.25) is 0 Å². The molecule has 0 amide bonds. The van der Waals surface area contributed by atoms with E-state index >= 15 is 0 Å². The van der Waals surface area contributed by atoms with Crippen molar-refractivity contribution < 1.29 is 5.11 Å². The molecule has 2 N–H and O–H groups in total. The number of benzene rings is 1. The summed E-state index contributed by atoms with van der Waals surface area (Å²) >= 11 is 0. The maximum Gasteiger partial charge on any atom is 0.0951 e. The second-order valence-electron chi connectivity index (χ2n) is 5.49. The Morgan fingerprint density at radius 2 is 1.88 bits per heavy atom. The van der Waals surface area contributed by atoms with Crippen LogP contribution in [-0.4, -0.2) is 17.7 Å². The van der Waals surface area contributed by atoms with Gasteiger partial charge in [-0.15, -0.1) is 0 Å². The minimum Gasteiger partial charge on any atom is -0.385 e. The highest BCUT2D eigenvalue weighted by atomic mass is 16.3. The summed E-state index contributed by atoms with van der Waals surface area (Å²) in [5.74, 6) is 0.396. The average molecular weight is 231 g/mol. The first-order valence-corrected chi connectivity index (χ1v) is 6.82. The van der Waals surface area contributed by atoms with E-state index in [2.05, 4.69) is 17.4 Å². The molecule has 2 nitrogen and oxygen atoms in total. The molecule has 1 aromatic carbocycles. The predicted molar refractivity (Wildman–Crippen MR) is 68.7 cm³/mol. The SMILES string of the molecule is O[C@]1(c2ccccc2)CCN[C@H]2CCCC[C@H]21. The van der Waals surface area contributed by atoms with Gasteiger partial charge in [-0.2, -0.15) is 0 Å². The number of hydrogen-bond donors (Lipinski definition) is 2. The van der Waals surface area contributed by atoms with E-state index in [1.165, 1.54) is 19.3 Å². The molecular weight excluding hydrogens is 210 g/mol. The van der Waals surface area contributed by atoms with E-state index in [1.807, 2.05) is 18.2 Å². The summed E-state index contributed by atoms with van der Waals surface area (Å²) < 4.78 is 0. The third kappa shape index (κ3) is 1.90. The van der Waals surface area contributed by atoms with Crippen molar-refractivity contribution in [2.24, 2.45) is 5.92 Å². The lowest BCUT2D eigenvalue weighted by Gasteiger charge is -2.48. The number of nitrogens with one attached hydrogen (secondary N) is 1. The Morgan fingerprint density at radius 1 is 1.12 bits per heavy atom. The summed E-state index contributed by atoms with van der Waals surface area (Å²) in [6.07, 6.45) is 5.79. The van der Waals surface area contributed by atoms with E-state index in [0.29, 0.717) is 12.0 Å². The van der Waals surface area contributed by atoms with Crippen LogP contribution >= 0.6 is 0 Å². The standard InChI is InChI=1S/C15H21NO/c17-15(12-6-2-1-3-7-12)10-11-16-14-9-5-4-8-13(14)15/h1-3,6-7,13-14,16-17H,4-5,8-11H2/t13-,14+,15+/m1/s1. The number of piperidine rings is 1. The minimum absolute atomic E-state index is 0.396. The summed E-state index contributed by atoms with van der Waals surface area (Å²) in [4.78, 5) is 0. The Hall–Kier alpha value is -0.860. The topological polar surface area (TPSA) is 32.3 Å². The normalized spacial score (nSPS) is 37.5. The fourth-order valence-electron chi connectivity index (χ4n) is 3.67. The molecule has 92 valence electrons. The number of rotatable bonds is 1. The summed E-state index contributed by atoms with van der Waals surface area (Å²) in [6, 6.07) is 10.8. The van der Waals surface area contributed by atoms with Crippen LogP contribution in [0.1, 0.15) is 37.7 Å². The lowest BCUT2D eigenvalue weighted by Crippen LogP contribution is -2.55. The van der Waals surface area contributed by atoms with Gasteiger partial charge in [0.25, 0.3) is 0 Å². The molecule has 1 saturated heterocycles. The van der Waals surface area contributed by atoms with Crippen LogP contribution in [-0.2, 0) is 5.60 Å². The Labute approximate surface area is 103 Å². The van der Waals surface area contributed by atoms with E-state index in [0.717, 1.165) is 24.9 Å². The Morgan fingerprint density at radius 3 is 2.71 bits per heavy atom. The van der Waals surface area contributed by atoms with Crippen molar-refractivity contribution in [3.63, 3.8) is 0 Å². The maximum absolute atomic E-state index is 11.1. The molecule has 2 fully saturated rings. The lowest BCUT2D eigenvalue weighted by atomic mass is 9.67. The summed E-state index contributed by atoms with van der Waals surface area (Å²) in [6.45, 7) is 0.937. The average Bonchev–Trinajstić information content (AvgIpc) is 2.40. The van der Waals surface area contributed by atoms with Crippen LogP contribution in [0.15, 0.2) is 30.3 Å². The van der Waals surface area contributed by atoms with Crippen LogP contribution in [0.5, 0.6) is 0 Å². The largest absolute Gasteiger partial charge is 0.385 e. The molecule has 3 rings (SSSR count). The molecule has 1 saturated carbocycles. The quantitative estimate of drug-likeness (QED) is 0.778. The van der Waals surface area contributed by atoms with Gasteiger partial charge in [0.1, 0.15) is 0 Å². The molecule has 1 aliphatic carbocycles. The number of fused-ring (bicyclic) bond motifs is 1. The van der Waals surface area contributed by atoms with Gasteiger partial charge in [-0.05, 0) is 31.4 Å². The van der Waals surface area contributed by atoms with Crippen molar-refractivity contribution in [2.45, 2.75) is 43.7 Å². The van der Waals surface area contributed by atoms with Crippen LogP contribution in [0, 0.1) is 5.92 Å². The van der Waals surface area contributed by atoms with E-state index in [9.17, 15) is 5.11 Å². The van der Waals surface area contributed by atoms with Crippen molar-refractivity contribution in [2.75, 3.05) is 6.54 Å². The van der Waals surface area contributed by atoms with Crippen molar-refractivity contribution in [3.8, 4) is 0 Å². The molecule has 0 spiro atoms. The van der Waals surface area contributed by atoms with Gasteiger partial charge >= 0.3 is 0 Å². The summed E-state index contributed by atoms with van der Waals surface area (Å²) in [5, 5.41) is 14.7. The zero-order valence-electron chi connectivity index (χ0n) is 10.2. The molecule has 17 heavy (non-hydrogen) atoms. The van der Waals surface area contributed by atoms with Gasteiger partial charge in [-0.3, -0.25) is 0 Å². The molecule has 0 unspecified atom stereocenters. The van der Waals surface area contributed by atoms with Crippen molar-refractivity contribution in [3.05, 3.63) is 35.9 Å². The fraction of sp³-hybridized carbons (Fsp3) is 0.600. The molecule has 0 radical (unpaired) electrons. The second kappa shape index (κ2) is 4.43.